The molecule has 334 valence electrons. The van der Waals surface area contributed by atoms with Gasteiger partial charge >= 0.3 is 0 Å². The van der Waals surface area contributed by atoms with Crippen LogP contribution in [0.1, 0.15) is 264 Å². The summed E-state index contributed by atoms with van der Waals surface area (Å²) in [6.07, 6.45) is 66.9. The molecule has 0 heterocycles. The fourth-order valence-corrected chi connectivity index (χ4v) is 7.62. The Kier molecular flexibility index (Phi) is 47.3. The Balaban J connectivity index is 3.51. The number of aliphatic hydroxyl groups excluding tert-OH is 2. The van der Waals surface area contributed by atoms with E-state index >= 15 is 0 Å². The Hall–Kier alpha value is -1.65. The van der Waals surface area contributed by atoms with Crippen molar-refractivity contribution in [2.45, 2.75) is 276 Å². The average molecular weight is 798 g/mol. The number of amides is 1. The van der Waals surface area contributed by atoms with Crippen molar-refractivity contribution in [1.29, 1.82) is 0 Å². The molecule has 0 saturated carbocycles. The van der Waals surface area contributed by atoms with E-state index in [1.807, 2.05) is 6.08 Å². The maximum Gasteiger partial charge on any atom is 0.220 e. The summed E-state index contributed by atoms with van der Waals surface area (Å²) in [7, 11) is 0. The van der Waals surface area contributed by atoms with Gasteiger partial charge in [-0.3, -0.25) is 4.79 Å². The topological polar surface area (TPSA) is 69.6 Å². The molecule has 3 N–H and O–H groups in total. The van der Waals surface area contributed by atoms with E-state index in [9.17, 15) is 15.0 Å². The van der Waals surface area contributed by atoms with Gasteiger partial charge in [-0.1, -0.05) is 249 Å². The lowest BCUT2D eigenvalue weighted by atomic mass is 10.0. The Bertz CT molecular complexity index is 908. The van der Waals surface area contributed by atoms with E-state index in [4.69, 9.17) is 0 Å². The van der Waals surface area contributed by atoms with Gasteiger partial charge in [0.1, 0.15) is 0 Å². The van der Waals surface area contributed by atoms with Crippen LogP contribution in [-0.4, -0.2) is 34.9 Å². The molecule has 0 saturated heterocycles. The van der Waals surface area contributed by atoms with Crippen LogP contribution in [0.15, 0.2) is 48.6 Å². The first kappa shape index (κ1) is 55.4. The van der Waals surface area contributed by atoms with Gasteiger partial charge in [-0.05, 0) is 57.8 Å². The normalized spacial score (nSPS) is 13.3. The van der Waals surface area contributed by atoms with Crippen molar-refractivity contribution in [3.63, 3.8) is 0 Å². The number of allylic oxidation sites excluding steroid dienone is 7. The third kappa shape index (κ3) is 45.3. The zero-order valence-corrected chi connectivity index (χ0v) is 38.4. The van der Waals surface area contributed by atoms with Crippen LogP contribution in [0.25, 0.3) is 0 Å². The highest BCUT2D eigenvalue weighted by molar-refractivity contribution is 5.76. The number of aliphatic hydroxyl groups is 2. The molecule has 57 heavy (non-hydrogen) atoms. The molecule has 1 amide bonds. The van der Waals surface area contributed by atoms with Crippen molar-refractivity contribution >= 4 is 5.91 Å². The number of hydrogen-bond acceptors (Lipinski definition) is 3. The largest absolute Gasteiger partial charge is 0.394 e. The van der Waals surface area contributed by atoms with Crippen LogP contribution in [0.4, 0.5) is 0 Å². The zero-order chi connectivity index (χ0) is 41.4. The molecule has 0 aromatic rings. The van der Waals surface area contributed by atoms with E-state index in [1.165, 1.54) is 193 Å². The highest BCUT2D eigenvalue weighted by atomic mass is 16.3. The van der Waals surface area contributed by atoms with Crippen molar-refractivity contribution < 1.29 is 15.0 Å². The monoisotopic (exact) mass is 798 g/mol. The summed E-state index contributed by atoms with van der Waals surface area (Å²) < 4.78 is 0. The van der Waals surface area contributed by atoms with Gasteiger partial charge in [0.2, 0.25) is 5.91 Å². The third-order valence-corrected chi connectivity index (χ3v) is 11.5. The summed E-state index contributed by atoms with van der Waals surface area (Å²) in [6, 6.07) is -0.647. The molecule has 0 radical (unpaired) electrons. The summed E-state index contributed by atoms with van der Waals surface area (Å²) in [4.78, 5) is 12.4. The number of carbonyl (C=O) groups is 1. The minimum Gasteiger partial charge on any atom is -0.394 e. The fraction of sp³-hybridized carbons (Fsp3) is 0.830. The molecule has 0 spiro atoms. The van der Waals surface area contributed by atoms with Crippen LogP contribution in [0.3, 0.4) is 0 Å². The highest BCUT2D eigenvalue weighted by Crippen LogP contribution is 2.16. The zero-order valence-electron chi connectivity index (χ0n) is 38.4. The predicted molar refractivity (Wildman–Crippen MR) is 253 cm³/mol. The Morgan fingerprint density at radius 2 is 0.754 bits per heavy atom. The van der Waals surface area contributed by atoms with Gasteiger partial charge in [-0.15, -0.1) is 0 Å². The van der Waals surface area contributed by atoms with Gasteiger partial charge in [0.25, 0.3) is 0 Å². The minimum absolute atomic E-state index is 0.0877. The van der Waals surface area contributed by atoms with Crippen molar-refractivity contribution in [1.82, 2.24) is 5.32 Å². The fourth-order valence-electron chi connectivity index (χ4n) is 7.62. The van der Waals surface area contributed by atoms with Crippen LogP contribution < -0.4 is 5.32 Å². The lowest BCUT2D eigenvalue weighted by Crippen LogP contribution is -2.45. The quantitative estimate of drug-likeness (QED) is 0.0424. The SMILES string of the molecule is CCCC/C=C\C/C=C\CCCCCCCC(=O)NC(CO)C(O)/C=C/CC/C=C/CCCCCCCCCCCCCCCCCCCCCCCCCCC. The first-order valence-corrected chi connectivity index (χ1v) is 25.4. The molecule has 0 rings (SSSR count). The van der Waals surface area contributed by atoms with Gasteiger partial charge in [-0.2, -0.15) is 0 Å². The summed E-state index contributed by atoms with van der Waals surface area (Å²) >= 11 is 0. The number of hydrogen-bond donors (Lipinski definition) is 3. The van der Waals surface area contributed by atoms with E-state index < -0.39 is 12.1 Å². The first-order chi connectivity index (χ1) is 28.2. The summed E-state index contributed by atoms with van der Waals surface area (Å²) in [5, 5.41) is 23.0. The van der Waals surface area contributed by atoms with Crippen LogP contribution in [0.5, 0.6) is 0 Å². The molecule has 4 nitrogen and oxygen atoms in total. The third-order valence-electron chi connectivity index (χ3n) is 11.5. The Morgan fingerprint density at radius 1 is 0.421 bits per heavy atom. The molecule has 0 aromatic heterocycles. The molecule has 4 heteroatoms. The number of unbranched alkanes of at least 4 members (excludes halogenated alkanes) is 33. The summed E-state index contributed by atoms with van der Waals surface area (Å²) in [5.74, 6) is -0.0877. The maximum absolute atomic E-state index is 12.4. The maximum atomic E-state index is 12.4. The first-order valence-electron chi connectivity index (χ1n) is 25.4. The summed E-state index contributed by atoms with van der Waals surface area (Å²) in [5.41, 5.74) is 0. The van der Waals surface area contributed by atoms with E-state index in [0.29, 0.717) is 6.42 Å². The second kappa shape index (κ2) is 48.7. The van der Waals surface area contributed by atoms with E-state index in [2.05, 4.69) is 55.6 Å². The molecular formula is C53H99NO3. The van der Waals surface area contributed by atoms with Gasteiger partial charge in [-0.25, -0.2) is 0 Å². The van der Waals surface area contributed by atoms with Crippen molar-refractivity contribution in [2.24, 2.45) is 0 Å². The molecule has 0 aliphatic carbocycles. The summed E-state index contributed by atoms with van der Waals surface area (Å²) in [6.45, 7) is 4.26. The van der Waals surface area contributed by atoms with Gasteiger partial charge in [0.05, 0.1) is 18.8 Å². The average Bonchev–Trinajstić information content (AvgIpc) is 3.22. The molecule has 0 fully saturated rings. The van der Waals surface area contributed by atoms with Crippen molar-refractivity contribution in [3.8, 4) is 0 Å². The van der Waals surface area contributed by atoms with Crippen molar-refractivity contribution in [2.75, 3.05) is 6.61 Å². The smallest absolute Gasteiger partial charge is 0.220 e. The predicted octanol–water partition coefficient (Wildman–Crippen LogP) is 16.3. The highest BCUT2D eigenvalue weighted by Gasteiger charge is 2.17. The van der Waals surface area contributed by atoms with Crippen LogP contribution in [-0.2, 0) is 4.79 Å². The number of rotatable bonds is 46. The second-order valence-electron chi connectivity index (χ2n) is 17.2. The molecule has 2 unspecified atom stereocenters. The molecule has 0 aromatic carbocycles. The molecule has 0 aliphatic heterocycles. The lowest BCUT2D eigenvalue weighted by molar-refractivity contribution is -0.123. The second-order valence-corrected chi connectivity index (χ2v) is 17.2. The standard InChI is InChI=1S/C53H99NO3/c1-3-5-7-9-11-13-15-17-19-20-21-22-23-24-25-26-27-28-29-30-31-32-33-34-35-36-38-40-42-44-46-48-52(56)51(50-55)54-53(57)49-47-45-43-41-39-37-18-16-14-12-10-8-6-4-2/h10,12,16,18,38,40,46,48,51-52,55-56H,3-9,11,13-15,17,19-37,39,41-45,47,49-50H2,1-2H3,(H,54,57)/b12-10-,18-16-,40-38+,48-46+. The van der Waals surface area contributed by atoms with Crippen molar-refractivity contribution in [3.05, 3.63) is 48.6 Å². The van der Waals surface area contributed by atoms with Gasteiger partial charge < -0.3 is 15.5 Å². The van der Waals surface area contributed by atoms with E-state index in [1.54, 1.807) is 6.08 Å². The molecular weight excluding hydrogens is 699 g/mol. The molecule has 0 bridgehead atoms. The van der Waals surface area contributed by atoms with Crippen LogP contribution >= 0.6 is 0 Å². The Morgan fingerprint density at radius 3 is 1.18 bits per heavy atom. The van der Waals surface area contributed by atoms with Gasteiger partial charge in [0, 0.05) is 6.42 Å². The Labute approximate surface area is 356 Å². The number of carbonyl (C=O) groups excluding carboxylic acids is 1. The van der Waals surface area contributed by atoms with Gasteiger partial charge in [0.15, 0.2) is 0 Å². The molecule has 0 aliphatic rings. The lowest BCUT2D eigenvalue weighted by Gasteiger charge is -2.19. The van der Waals surface area contributed by atoms with Crippen LogP contribution in [0.2, 0.25) is 0 Å². The van der Waals surface area contributed by atoms with Crippen LogP contribution in [0, 0.1) is 0 Å². The van der Waals surface area contributed by atoms with E-state index in [0.717, 1.165) is 51.4 Å². The number of nitrogens with one attached hydrogen (secondary N) is 1. The molecule has 2 atom stereocenters. The van der Waals surface area contributed by atoms with E-state index in [-0.39, 0.29) is 12.5 Å². The minimum atomic E-state index is -0.869.